The van der Waals surface area contributed by atoms with Crippen molar-refractivity contribution in [2.24, 2.45) is 0 Å². The quantitative estimate of drug-likeness (QED) is 0.153. The summed E-state index contributed by atoms with van der Waals surface area (Å²) in [6, 6.07) is 68.5. The Morgan fingerprint density at radius 2 is 0.774 bits per heavy atom. The van der Waals surface area contributed by atoms with Gasteiger partial charge in [0.15, 0.2) is 0 Å². The molecule has 0 aliphatic rings. The molecule has 13 rings (SSSR count). The van der Waals surface area contributed by atoms with E-state index in [1.807, 2.05) is 0 Å². The summed E-state index contributed by atoms with van der Waals surface area (Å²) in [6.07, 6.45) is 0. The molecule has 3 heteroatoms. The fourth-order valence-electron chi connectivity index (χ4n) is 10.8. The molecule has 0 radical (unpaired) electrons. The second kappa shape index (κ2) is 12.9. The van der Waals surface area contributed by atoms with Crippen LogP contribution in [0.4, 0.5) is 17.1 Å². The van der Waals surface area contributed by atoms with Gasteiger partial charge in [-0.25, -0.2) is 0 Å². The van der Waals surface area contributed by atoms with Crippen LogP contribution in [0, 0.1) is 27.7 Å². The zero-order chi connectivity index (χ0) is 41.4. The molecule has 294 valence electrons. The van der Waals surface area contributed by atoms with E-state index in [9.17, 15) is 0 Å². The van der Waals surface area contributed by atoms with Gasteiger partial charge in [0.1, 0.15) is 0 Å². The lowest BCUT2D eigenvalue weighted by molar-refractivity contribution is 0.974. The Bertz CT molecular complexity index is 3650. The van der Waals surface area contributed by atoms with Crippen LogP contribution in [0.15, 0.2) is 182 Å². The van der Waals surface area contributed by atoms with Gasteiger partial charge in [-0.2, -0.15) is 0 Å². The number of hydrogen-bond donors (Lipinski definition) is 0. The van der Waals surface area contributed by atoms with Crippen LogP contribution < -0.4 is 4.90 Å². The Morgan fingerprint density at radius 1 is 0.306 bits per heavy atom. The molecule has 0 saturated carbocycles. The maximum atomic E-state index is 2.56. The summed E-state index contributed by atoms with van der Waals surface area (Å²) in [6.45, 7) is 8.82. The molecule has 0 spiro atoms. The molecule has 3 nitrogen and oxygen atoms in total. The van der Waals surface area contributed by atoms with Crippen molar-refractivity contribution in [3.05, 3.63) is 221 Å². The molecule has 1 atom stereocenters. The predicted octanol–water partition coefficient (Wildman–Crippen LogP) is 15.9. The van der Waals surface area contributed by atoms with E-state index < -0.39 is 0 Å². The van der Waals surface area contributed by atoms with Crippen LogP contribution in [-0.2, 0) is 0 Å². The lowest BCUT2D eigenvalue weighted by Gasteiger charge is -2.26. The number of anilines is 3. The number of fused-ring (bicyclic) bond motifs is 12. The highest BCUT2D eigenvalue weighted by molar-refractivity contribution is 6.29. The van der Waals surface area contributed by atoms with E-state index in [1.54, 1.807) is 0 Å². The molecule has 0 fully saturated rings. The molecular formula is C59H43N3. The van der Waals surface area contributed by atoms with E-state index in [-0.39, 0.29) is 5.92 Å². The van der Waals surface area contributed by atoms with Gasteiger partial charge >= 0.3 is 0 Å². The minimum absolute atomic E-state index is 0.112. The van der Waals surface area contributed by atoms with Gasteiger partial charge in [-0.15, -0.1) is 0 Å². The molecular weight excluding hydrogens is 751 g/mol. The molecule has 1 unspecified atom stereocenters. The second-order valence-electron chi connectivity index (χ2n) is 17.6. The van der Waals surface area contributed by atoms with Crippen LogP contribution in [0.1, 0.15) is 44.9 Å². The second-order valence-corrected chi connectivity index (χ2v) is 17.6. The molecule has 9 aromatic carbocycles. The number of hydrogen-bond acceptors (Lipinski definition) is 1. The number of aryl methyl sites for hydroxylation is 4. The Hall–Kier alpha value is -7.62. The third-order valence-electron chi connectivity index (χ3n) is 14.1. The maximum Gasteiger partial charge on any atom is 0.0620 e. The van der Waals surface area contributed by atoms with Crippen LogP contribution in [0.2, 0.25) is 0 Å². The smallest absolute Gasteiger partial charge is 0.0620 e. The summed E-state index contributed by atoms with van der Waals surface area (Å²) >= 11 is 0. The van der Waals surface area contributed by atoms with Crippen molar-refractivity contribution in [3.8, 4) is 0 Å². The average Bonchev–Trinajstić information content (AvgIpc) is 4.02. The summed E-state index contributed by atoms with van der Waals surface area (Å²) in [5.74, 6) is 0.112. The van der Waals surface area contributed by atoms with Gasteiger partial charge in [0.25, 0.3) is 0 Å². The van der Waals surface area contributed by atoms with Gasteiger partial charge in [-0.3, -0.25) is 0 Å². The van der Waals surface area contributed by atoms with Crippen molar-refractivity contribution < 1.29 is 0 Å². The Labute approximate surface area is 360 Å². The van der Waals surface area contributed by atoms with E-state index in [0.717, 1.165) is 17.1 Å². The predicted molar refractivity (Wildman–Crippen MR) is 263 cm³/mol. The molecule has 0 amide bonds. The third-order valence-corrected chi connectivity index (χ3v) is 14.1. The van der Waals surface area contributed by atoms with Crippen LogP contribution in [0.5, 0.6) is 0 Å². The normalized spacial score (nSPS) is 12.8. The summed E-state index contributed by atoms with van der Waals surface area (Å²) in [5, 5.41) is 10.3. The van der Waals surface area contributed by atoms with Crippen LogP contribution in [-0.4, -0.2) is 8.80 Å². The van der Waals surface area contributed by atoms with Crippen molar-refractivity contribution >= 4 is 93.3 Å². The van der Waals surface area contributed by atoms with Crippen LogP contribution >= 0.6 is 0 Å². The van der Waals surface area contributed by atoms with Gasteiger partial charge < -0.3 is 13.7 Å². The van der Waals surface area contributed by atoms with Crippen molar-refractivity contribution in [2.75, 3.05) is 4.90 Å². The van der Waals surface area contributed by atoms with Crippen molar-refractivity contribution in [1.29, 1.82) is 0 Å². The first-order chi connectivity index (χ1) is 30.4. The lowest BCUT2D eigenvalue weighted by Crippen LogP contribution is -2.10. The monoisotopic (exact) mass is 793 g/mol. The molecule has 0 saturated heterocycles. The fourth-order valence-corrected chi connectivity index (χ4v) is 10.8. The van der Waals surface area contributed by atoms with Crippen LogP contribution in [0.25, 0.3) is 76.2 Å². The van der Waals surface area contributed by atoms with E-state index in [0.29, 0.717) is 0 Å². The summed E-state index contributed by atoms with van der Waals surface area (Å²) in [4.78, 5) is 2.39. The van der Waals surface area contributed by atoms with E-state index >= 15 is 0 Å². The van der Waals surface area contributed by atoms with Gasteiger partial charge in [-0.05, 0) is 121 Å². The molecule has 4 aromatic heterocycles. The number of benzene rings is 9. The van der Waals surface area contributed by atoms with Crippen LogP contribution in [0.3, 0.4) is 0 Å². The minimum atomic E-state index is 0.112. The van der Waals surface area contributed by atoms with Crippen molar-refractivity contribution in [1.82, 2.24) is 8.80 Å². The van der Waals surface area contributed by atoms with E-state index in [1.165, 1.54) is 115 Å². The first kappa shape index (κ1) is 35.2. The first-order valence-corrected chi connectivity index (χ1v) is 21.8. The van der Waals surface area contributed by atoms with E-state index in [4.69, 9.17) is 0 Å². The molecule has 0 aliphatic heterocycles. The highest BCUT2D eigenvalue weighted by Gasteiger charge is 2.25. The first-order valence-electron chi connectivity index (χ1n) is 21.8. The molecule has 0 bridgehead atoms. The minimum Gasteiger partial charge on any atom is -0.310 e. The summed E-state index contributed by atoms with van der Waals surface area (Å²) in [7, 11) is 0. The Morgan fingerprint density at radius 3 is 1.39 bits per heavy atom. The van der Waals surface area contributed by atoms with Gasteiger partial charge in [-0.1, -0.05) is 127 Å². The van der Waals surface area contributed by atoms with Crippen molar-refractivity contribution in [3.63, 3.8) is 0 Å². The molecule has 13 aromatic rings. The fraction of sp³-hybridized carbons (Fsp3) is 0.0847. The summed E-state index contributed by atoms with van der Waals surface area (Å²) in [5.41, 5.74) is 20.1. The third kappa shape index (κ3) is 4.88. The van der Waals surface area contributed by atoms with Gasteiger partial charge in [0.05, 0.1) is 33.1 Å². The van der Waals surface area contributed by atoms with Gasteiger partial charge in [0, 0.05) is 66.1 Å². The maximum absolute atomic E-state index is 2.56. The largest absolute Gasteiger partial charge is 0.310 e. The molecule has 62 heavy (non-hydrogen) atoms. The number of nitrogens with zero attached hydrogens (tertiary/aromatic N) is 3. The molecule has 0 N–H and O–H groups in total. The highest BCUT2D eigenvalue weighted by atomic mass is 15.1. The number of para-hydroxylation sites is 3. The Balaban J connectivity index is 1.07. The topological polar surface area (TPSA) is 12.1 Å². The summed E-state index contributed by atoms with van der Waals surface area (Å²) < 4.78 is 5.10. The molecule has 4 heterocycles. The average molecular weight is 794 g/mol. The number of rotatable bonds is 6. The highest BCUT2D eigenvalue weighted by Crippen LogP contribution is 2.47. The zero-order valence-electron chi connectivity index (χ0n) is 35.2. The van der Waals surface area contributed by atoms with Crippen molar-refractivity contribution in [2.45, 2.75) is 33.6 Å². The molecule has 0 aliphatic carbocycles. The van der Waals surface area contributed by atoms with E-state index in [2.05, 4.69) is 223 Å². The van der Waals surface area contributed by atoms with Gasteiger partial charge in [0.2, 0.25) is 0 Å². The number of aromatic nitrogens is 2. The Kier molecular flexibility index (Phi) is 7.34. The lowest BCUT2D eigenvalue weighted by atomic mass is 9.84. The SMILES string of the molecule is Cc1ccc(C(c2ccccc2)c2ccc3c4cccc5c6cc7c(cc6n(c3c2)c45)c2cccc3c4ccc(N(c5ccccc5)c5ccc(C)c(C)c5)cc4n7c32)cc1C. The zero-order valence-corrected chi connectivity index (χ0v) is 35.2. The standard InChI is InChI=1S/C59H43N3/c1-35-21-23-40(29-37(35)3)57(39-13-7-5-8-14-39)41-24-27-45-47-17-11-19-49-51-34-56-52(33-55(51)61(58(47)49)53(45)31-41)50-20-12-18-48-46-28-26-44(32-54(46)62(56)59(48)50)60(42-15-9-6-10-16-42)43-25-22-36(2)38(4)30-43/h5-34,57H,1-4H3.